The Balaban J connectivity index is 2.04. The summed E-state index contributed by atoms with van der Waals surface area (Å²) in [6.45, 7) is 0.602. The number of pyridine rings is 1. The SMILES string of the molecule is Cn1cc(CCNc2ncccc2S(C)(=O)=O)cn1. The molecular weight excluding hydrogens is 264 g/mol. The minimum Gasteiger partial charge on any atom is -0.369 e. The summed E-state index contributed by atoms with van der Waals surface area (Å²) in [6, 6.07) is 3.16. The zero-order valence-electron chi connectivity index (χ0n) is 10.9. The van der Waals surface area contributed by atoms with Crippen LogP contribution in [0.4, 0.5) is 5.82 Å². The Morgan fingerprint density at radius 1 is 1.42 bits per heavy atom. The summed E-state index contributed by atoms with van der Waals surface area (Å²) in [5.41, 5.74) is 1.09. The van der Waals surface area contributed by atoms with Gasteiger partial charge in [-0.2, -0.15) is 5.10 Å². The van der Waals surface area contributed by atoms with E-state index >= 15 is 0 Å². The van der Waals surface area contributed by atoms with Gasteiger partial charge in [0.25, 0.3) is 0 Å². The highest BCUT2D eigenvalue weighted by atomic mass is 32.2. The fourth-order valence-electron chi connectivity index (χ4n) is 1.75. The average molecular weight is 280 g/mol. The van der Waals surface area contributed by atoms with Crippen molar-refractivity contribution >= 4 is 15.7 Å². The number of aromatic nitrogens is 3. The molecule has 0 aliphatic carbocycles. The zero-order valence-corrected chi connectivity index (χ0v) is 11.7. The van der Waals surface area contributed by atoms with E-state index in [4.69, 9.17) is 0 Å². The van der Waals surface area contributed by atoms with E-state index in [9.17, 15) is 8.42 Å². The molecule has 7 heteroatoms. The van der Waals surface area contributed by atoms with E-state index in [0.29, 0.717) is 12.4 Å². The zero-order chi connectivity index (χ0) is 13.9. The predicted molar refractivity (Wildman–Crippen MR) is 72.7 cm³/mol. The Kier molecular flexibility index (Phi) is 3.84. The first-order chi connectivity index (χ1) is 8.97. The van der Waals surface area contributed by atoms with Crippen LogP contribution in [-0.2, 0) is 23.3 Å². The van der Waals surface area contributed by atoms with Crippen molar-refractivity contribution in [2.24, 2.45) is 7.05 Å². The second-order valence-corrected chi connectivity index (χ2v) is 6.31. The van der Waals surface area contributed by atoms with E-state index in [1.165, 1.54) is 6.26 Å². The van der Waals surface area contributed by atoms with Crippen molar-refractivity contribution in [3.05, 3.63) is 36.3 Å². The molecule has 6 nitrogen and oxygen atoms in total. The number of anilines is 1. The Morgan fingerprint density at radius 2 is 2.21 bits per heavy atom. The lowest BCUT2D eigenvalue weighted by molar-refractivity contribution is 0.602. The minimum absolute atomic E-state index is 0.223. The molecule has 0 saturated carbocycles. The summed E-state index contributed by atoms with van der Waals surface area (Å²) in [5.74, 6) is 0.397. The standard InChI is InChI=1S/C12H16N4O2S/c1-16-9-10(8-15-16)5-7-14-12-11(19(2,17)18)4-3-6-13-12/h3-4,6,8-9H,5,7H2,1-2H3,(H,13,14). The lowest BCUT2D eigenvalue weighted by Crippen LogP contribution is -2.10. The van der Waals surface area contributed by atoms with E-state index in [1.54, 1.807) is 29.2 Å². The van der Waals surface area contributed by atoms with Gasteiger partial charge in [-0.1, -0.05) is 0 Å². The normalized spacial score (nSPS) is 11.5. The third kappa shape index (κ3) is 3.54. The topological polar surface area (TPSA) is 76.9 Å². The molecule has 0 bridgehead atoms. The van der Waals surface area contributed by atoms with Crippen LogP contribution in [0.1, 0.15) is 5.56 Å². The summed E-state index contributed by atoms with van der Waals surface area (Å²) in [5, 5.41) is 7.13. The van der Waals surface area contributed by atoms with Gasteiger partial charge in [-0.15, -0.1) is 0 Å². The quantitative estimate of drug-likeness (QED) is 0.879. The van der Waals surface area contributed by atoms with E-state index in [1.807, 2.05) is 13.2 Å². The first-order valence-electron chi connectivity index (χ1n) is 5.83. The van der Waals surface area contributed by atoms with E-state index in [-0.39, 0.29) is 4.90 Å². The second kappa shape index (κ2) is 5.40. The molecule has 0 fully saturated rings. The van der Waals surface area contributed by atoms with Gasteiger partial charge < -0.3 is 5.32 Å². The Bertz CT molecular complexity index is 664. The van der Waals surface area contributed by atoms with Crippen LogP contribution in [0, 0.1) is 0 Å². The van der Waals surface area contributed by atoms with Gasteiger partial charge in [0, 0.05) is 32.2 Å². The van der Waals surface area contributed by atoms with Gasteiger partial charge in [0.2, 0.25) is 0 Å². The maximum atomic E-state index is 11.6. The number of aryl methyl sites for hydroxylation is 1. The number of hydrogen-bond acceptors (Lipinski definition) is 5. The molecule has 2 aromatic heterocycles. The number of hydrogen-bond donors (Lipinski definition) is 1. The average Bonchev–Trinajstić information content (AvgIpc) is 2.74. The molecule has 2 aromatic rings. The van der Waals surface area contributed by atoms with Gasteiger partial charge in [0.15, 0.2) is 9.84 Å². The van der Waals surface area contributed by atoms with Crippen LogP contribution in [0.15, 0.2) is 35.6 Å². The van der Waals surface area contributed by atoms with Gasteiger partial charge >= 0.3 is 0 Å². The third-order valence-electron chi connectivity index (χ3n) is 2.63. The lowest BCUT2D eigenvalue weighted by atomic mass is 10.2. The van der Waals surface area contributed by atoms with E-state index in [2.05, 4.69) is 15.4 Å². The van der Waals surface area contributed by atoms with Gasteiger partial charge in [-0.05, 0) is 24.1 Å². The molecule has 1 N–H and O–H groups in total. The molecule has 19 heavy (non-hydrogen) atoms. The summed E-state index contributed by atoms with van der Waals surface area (Å²) in [6.07, 6.45) is 7.22. The molecule has 0 aliphatic rings. The first-order valence-corrected chi connectivity index (χ1v) is 7.72. The van der Waals surface area contributed by atoms with Crippen molar-refractivity contribution in [2.75, 3.05) is 18.1 Å². The summed E-state index contributed by atoms with van der Waals surface area (Å²) in [7, 11) is -1.41. The van der Waals surface area contributed by atoms with Crippen molar-refractivity contribution < 1.29 is 8.42 Å². The van der Waals surface area contributed by atoms with Crippen molar-refractivity contribution in [3.8, 4) is 0 Å². The molecule has 0 amide bonds. The summed E-state index contributed by atoms with van der Waals surface area (Å²) >= 11 is 0. The highest BCUT2D eigenvalue weighted by Crippen LogP contribution is 2.17. The number of nitrogens with one attached hydrogen (secondary N) is 1. The van der Waals surface area contributed by atoms with E-state index in [0.717, 1.165) is 12.0 Å². The number of rotatable bonds is 5. The minimum atomic E-state index is -3.27. The van der Waals surface area contributed by atoms with Crippen molar-refractivity contribution in [1.29, 1.82) is 0 Å². The van der Waals surface area contributed by atoms with Crippen molar-refractivity contribution in [3.63, 3.8) is 0 Å². The number of nitrogens with zero attached hydrogens (tertiary/aromatic N) is 3. The molecule has 2 rings (SSSR count). The maximum Gasteiger partial charge on any atom is 0.179 e. The molecular formula is C12H16N4O2S. The second-order valence-electron chi connectivity index (χ2n) is 4.32. The van der Waals surface area contributed by atoms with Gasteiger partial charge in [-0.25, -0.2) is 13.4 Å². The molecule has 0 aromatic carbocycles. The summed E-state index contributed by atoms with van der Waals surface area (Å²) < 4.78 is 24.9. The highest BCUT2D eigenvalue weighted by Gasteiger charge is 2.13. The van der Waals surface area contributed by atoms with Crippen LogP contribution < -0.4 is 5.32 Å². The van der Waals surface area contributed by atoms with Crippen LogP contribution in [0.25, 0.3) is 0 Å². The Hall–Kier alpha value is -1.89. The molecule has 0 aliphatic heterocycles. The largest absolute Gasteiger partial charge is 0.369 e. The molecule has 0 radical (unpaired) electrons. The van der Waals surface area contributed by atoms with Gasteiger partial charge in [0.1, 0.15) is 10.7 Å². The molecule has 0 saturated heterocycles. The van der Waals surface area contributed by atoms with Crippen LogP contribution in [0.5, 0.6) is 0 Å². The summed E-state index contributed by atoms with van der Waals surface area (Å²) in [4.78, 5) is 4.29. The monoisotopic (exact) mass is 280 g/mol. The molecule has 0 atom stereocenters. The van der Waals surface area contributed by atoms with Crippen LogP contribution in [0.3, 0.4) is 0 Å². The fraction of sp³-hybridized carbons (Fsp3) is 0.333. The number of sulfone groups is 1. The smallest absolute Gasteiger partial charge is 0.179 e. The van der Waals surface area contributed by atoms with Crippen LogP contribution in [-0.4, -0.2) is 36.0 Å². The highest BCUT2D eigenvalue weighted by molar-refractivity contribution is 7.90. The van der Waals surface area contributed by atoms with Gasteiger partial charge in [-0.3, -0.25) is 4.68 Å². The van der Waals surface area contributed by atoms with Crippen LogP contribution in [0.2, 0.25) is 0 Å². The molecule has 2 heterocycles. The molecule has 102 valence electrons. The molecule has 0 spiro atoms. The van der Waals surface area contributed by atoms with Crippen LogP contribution >= 0.6 is 0 Å². The fourth-order valence-corrected chi connectivity index (χ4v) is 2.55. The Labute approximate surface area is 112 Å². The Morgan fingerprint density at radius 3 is 2.84 bits per heavy atom. The van der Waals surface area contributed by atoms with Crippen molar-refractivity contribution in [1.82, 2.24) is 14.8 Å². The third-order valence-corrected chi connectivity index (χ3v) is 3.76. The maximum absolute atomic E-state index is 11.6. The van der Waals surface area contributed by atoms with Gasteiger partial charge in [0.05, 0.1) is 6.20 Å². The first kappa shape index (κ1) is 13.5. The molecule has 0 unspecified atom stereocenters. The predicted octanol–water partition coefficient (Wildman–Crippen LogP) is 0.873. The van der Waals surface area contributed by atoms with E-state index < -0.39 is 9.84 Å². The lowest BCUT2D eigenvalue weighted by Gasteiger charge is -2.08. The van der Waals surface area contributed by atoms with Crippen molar-refractivity contribution in [2.45, 2.75) is 11.3 Å².